The van der Waals surface area contributed by atoms with Crippen LogP contribution in [0.2, 0.25) is 0 Å². The molecule has 0 unspecified atom stereocenters. The second-order valence-electron chi connectivity index (χ2n) is 3.33. The molecule has 0 aliphatic rings. The number of benzene rings is 1. The van der Waals surface area contributed by atoms with E-state index in [0.717, 1.165) is 12.1 Å². The van der Waals surface area contributed by atoms with Gasteiger partial charge in [0.2, 0.25) is 0 Å². The number of aromatic nitrogens is 1. The summed E-state index contributed by atoms with van der Waals surface area (Å²) >= 11 is 1.94. The summed E-state index contributed by atoms with van der Waals surface area (Å²) in [6.45, 7) is 5.51. The highest BCUT2D eigenvalue weighted by molar-refractivity contribution is 6.00. The van der Waals surface area contributed by atoms with E-state index in [1.165, 1.54) is 0 Å². The Labute approximate surface area is 106 Å². The van der Waals surface area contributed by atoms with Gasteiger partial charge in [-0.3, -0.25) is 4.98 Å². The van der Waals surface area contributed by atoms with Crippen LogP contribution < -0.4 is 3.79 Å². The van der Waals surface area contributed by atoms with Gasteiger partial charge in [-0.2, -0.15) is 0 Å². The van der Waals surface area contributed by atoms with Crippen LogP contribution in [0.4, 0.5) is 8.78 Å². The Morgan fingerprint density at radius 2 is 2.00 bits per heavy atom. The van der Waals surface area contributed by atoms with Crippen LogP contribution in [0.1, 0.15) is 5.69 Å². The lowest BCUT2D eigenvalue weighted by atomic mass is 10.1. The number of hydrogen-bond donors (Lipinski definition) is 0. The van der Waals surface area contributed by atoms with E-state index < -0.39 is 11.6 Å². The van der Waals surface area contributed by atoms with Crippen LogP contribution in [0.3, 0.4) is 0 Å². The summed E-state index contributed by atoms with van der Waals surface area (Å²) in [5, 5.41) is 0. The molecule has 2 aromatic rings. The Balaban J connectivity index is 2.66. The van der Waals surface area contributed by atoms with Crippen LogP contribution in [0.25, 0.3) is 11.3 Å². The van der Waals surface area contributed by atoms with E-state index >= 15 is 0 Å². The van der Waals surface area contributed by atoms with E-state index in [1.54, 1.807) is 18.2 Å². The van der Waals surface area contributed by atoms with Crippen molar-refractivity contribution in [2.45, 2.75) is 0 Å². The number of pyridine rings is 1. The molecule has 0 saturated heterocycles. The largest absolute Gasteiger partial charge is 0.653 e. The van der Waals surface area contributed by atoms with Gasteiger partial charge in [-0.25, -0.2) is 8.78 Å². The SMILES string of the molecule is [CH]c1cccc(-c2c(F)cc(F)cc2[O][Al])n1. The minimum Gasteiger partial charge on any atom is -0.653 e. The maximum Gasteiger partial charge on any atom is 0.482 e. The van der Waals surface area contributed by atoms with Crippen molar-refractivity contribution >= 4 is 16.6 Å². The molecule has 0 fully saturated rings. The lowest BCUT2D eigenvalue weighted by Crippen LogP contribution is -1.97. The third kappa shape index (κ3) is 2.46. The molecule has 1 heterocycles. The molecule has 17 heavy (non-hydrogen) atoms. The predicted molar refractivity (Wildman–Crippen MR) is 59.4 cm³/mol. The maximum absolute atomic E-state index is 13.7. The first-order valence-electron chi connectivity index (χ1n) is 4.70. The van der Waals surface area contributed by atoms with Crippen molar-refractivity contribution in [2.75, 3.05) is 0 Å². The standard InChI is InChI=1S/C12H7F2NO.Al/c1-7-3-2-4-10(15-7)12-9(14)5-8(13)6-11(12)16;/h1-6,16H;/q;+1/p-1. The summed E-state index contributed by atoms with van der Waals surface area (Å²) in [5.74, 6) is -1.42. The Hall–Kier alpha value is -1.44. The summed E-state index contributed by atoms with van der Waals surface area (Å²) in [6.07, 6.45) is 0. The molecule has 0 bridgehead atoms. The van der Waals surface area contributed by atoms with Crippen LogP contribution in [-0.2, 0) is 0 Å². The normalized spacial score (nSPS) is 10.3. The molecule has 4 radical (unpaired) electrons. The predicted octanol–water partition coefficient (Wildman–Crippen LogP) is 2.55. The molecular weight excluding hydrogens is 239 g/mol. The lowest BCUT2D eigenvalue weighted by Gasteiger charge is -2.11. The molecule has 0 atom stereocenters. The van der Waals surface area contributed by atoms with Crippen molar-refractivity contribution < 1.29 is 12.6 Å². The van der Waals surface area contributed by atoms with E-state index in [0.29, 0.717) is 5.69 Å². The molecule has 0 saturated carbocycles. The average molecular weight is 245 g/mol. The highest BCUT2D eigenvalue weighted by Crippen LogP contribution is 2.32. The summed E-state index contributed by atoms with van der Waals surface area (Å²) in [6, 6.07) is 6.63. The number of rotatable bonds is 2. The van der Waals surface area contributed by atoms with Gasteiger partial charge in [0.25, 0.3) is 0 Å². The summed E-state index contributed by atoms with van der Waals surface area (Å²) in [5.41, 5.74) is 0.620. The topological polar surface area (TPSA) is 22.1 Å². The minimum absolute atomic E-state index is 0.0469. The smallest absolute Gasteiger partial charge is 0.482 e. The zero-order valence-electron chi connectivity index (χ0n) is 8.65. The highest BCUT2D eigenvalue weighted by atomic mass is 27.1. The van der Waals surface area contributed by atoms with Gasteiger partial charge in [0.15, 0.2) is 0 Å². The quantitative estimate of drug-likeness (QED) is 0.758. The Kier molecular flexibility index (Phi) is 3.41. The fourth-order valence-electron chi connectivity index (χ4n) is 1.48. The molecule has 0 N–H and O–H groups in total. The number of nitrogens with zero attached hydrogens (tertiary/aromatic N) is 1. The Morgan fingerprint density at radius 1 is 1.24 bits per heavy atom. The van der Waals surface area contributed by atoms with Gasteiger partial charge in [0.1, 0.15) is 11.6 Å². The average Bonchev–Trinajstić information content (AvgIpc) is 2.27. The first kappa shape index (κ1) is 12.0. The molecule has 82 valence electrons. The first-order chi connectivity index (χ1) is 8.11. The molecule has 2 rings (SSSR count). The third-order valence-corrected chi connectivity index (χ3v) is 2.43. The van der Waals surface area contributed by atoms with E-state index in [9.17, 15) is 8.78 Å². The second kappa shape index (κ2) is 4.82. The molecule has 0 aliphatic carbocycles. The molecule has 2 nitrogen and oxygen atoms in total. The molecule has 5 heteroatoms. The van der Waals surface area contributed by atoms with Crippen LogP contribution in [0.5, 0.6) is 5.75 Å². The van der Waals surface area contributed by atoms with Crippen molar-refractivity contribution in [1.29, 1.82) is 0 Å². The molecule has 0 spiro atoms. The van der Waals surface area contributed by atoms with Crippen LogP contribution in [0.15, 0.2) is 30.3 Å². The fraction of sp³-hybridized carbons (Fsp3) is 0. The number of halogens is 2. The number of hydrogen-bond acceptors (Lipinski definition) is 2. The monoisotopic (exact) mass is 245 g/mol. The van der Waals surface area contributed by atoms with Gasteiger partial charge in [-0.15, -0.1) is 0 Å². The van der Waals surface area contributed by atoms with Gasteiger partial charge >= 0.3 is 16.6 Å². The van der Waals surface area contributed by atoms with E-state index in [2.05, 4.69) is 4.98 Å². The van der Waals surface area contributed by atoms with Gasteiger partial charge in [0.05, 0.1) is 17.0 Å². The van der Waals surface area contributed by atoms with E-state index in [1.807, 2.05) is 16.6 Å². The molecule has 1 aromatic heterocycles. The van der Waals surface area contributed by atoms with Gasteiger partial charge < -0.3 is 3.79 Å². The van der Waals surface area contributed by atoms with Crippen LogP contribution >= 0.6 is 0 Å². The second-order valence-corrected chi connectivity index (χ2v) is 3.56. The van der Waals surface area contributed by atoms with Gasteiger partial charge in [0, 0.05) is 24.8 Å². The third-order valence-electron chi connectivity index (χ3n) is 2.17. The Bertz CT molecular complexity index is 560. The van der Waals surface area contributed by atoms with Crippen molar-refractivity contribution in [3.05, 3.63) is 54.6 Å². The molecular formula is C12H6AlF2NO. The van der Waals surface area contributed by atoms with E-state index in [-0.39, 0.29) is 17.0 Å². The van der Waals surface area contributed by atoms with Crippen molar-refractivity contribution in [3.8, 4) is 17.0 Å². The fourth-order valence-corrected chi connectivity index (χ4v) is 1.67. The summed E-state index contributed by atoms with van der Waals surface area (Å²) in [7, 11) is 0. The summed E-state index contributed by atoms with van der Waals surface area (Å²) in [4.78, 5) is 3.97. The van der Waals surface area contributed by atoms with Crippen molar-refractivity contribution in [2.24, 2.45) is 0 Å². The zero-order valence-corrected chi connectivity index (χ0v) is 9.81. The zero-order chi connectivity index (χ0) is 12.4. The van der Waals surface area contributed by atoms with Crippen molar-refractivity contribution in [3.63, 3.8) is 0 Å². The Morgan fingerprint density at radius 3 is 2.65 bits per heavy atom. The van der Waals surface area contributed by atoms with Gasteiger partial charge in [-0.1, -0.05) is 6.07 Å². The molecule has 1 aromatic carbocycles. The van der Waals surface area contributed by atoms with E-state index in [4.69, 9.17) is 10.7 Å². The lowest BCUT2D eigenvalue weighted by molar-refractivity contribution is 0.554. The van der Waals surface area contributed by atoms with Crippen LogP contribution in [-0.4, -0.2) is 21.6 Å². The highest BCUT2D eigenvalue weighted by Gasteiger charge is 2.14. The maximum atomic E-state index is 13.7. The first-order valence-corrected chi connectivity index (χ1v) is 5.17. The molecule has 0 aliphatic heterocycles. The van der Waals surface area contributed by atoms with Crippen molar-refractivity contribution in [1.82, 2.24) is 4.98 Å². The van der Waals surface area contributed by atoms with Crippen LogP contribution in [0, 0.1) is 18.6 Å². The van der Waals surface area contributed by atoms with Gasteiger partial charge in [-0.05, 0) is 12.1 Å². The summed E-state index contributed by atoms with van der Waals surface area (Å²) < 4.78 is 31.6. The minimum atomic E-state index is -0.749. The molecule has 0 amide bonds.